The fourth-order valence-electron chi connectivity index (χ4n) is 1.29. The number of nitrogens with zero attached hydrogens (tertiary/aromatic N) is 2. The molecule has 1 aromatic heterocycles. The van der Waals surface area contributed by atoms with E-state index in [1.54, 1.807) is 11.3 Å². The largest absolute Gasteiger partial charge is 0.313 e. The van der Waals surface area contributed by atoms with Crippen molar-refractivity contribution in [1.82, 2.24) is 15.5 Å². The minimum absolute atomic E-state index is 0.781. The van der Waals surface area contributed by atoms with E-state index in [4.69, 9.17) is 0 Å². The molecule has 0 spiro atoms. The zero-order valence-electron chi connectivity index (χ0n) is 8.82. The summed E-state index contributed by atoms with van der Waals surface area (Å²) in [5.41, 5.74) is 2.40. The summed E-state index contributed by atoms with van der Waals surface area (Å²) >= 11 is 1.63. The van der Waals surface area contributed by atoms with Crippen LogP contribution in [0.15, 0.2) is 24.3 Å². The highest BCUT2D eigenvalue weighted by Gasteiger charge is 2.05. The van der Waals surface area contributed by atoms with Gasteiger partial charge in [-0.15, -0.1) is 10.2 Å². The quantitative estimate of drug-likeness (QED) is 0.860. The molecule has 78 valence electrons. The van der Waals surface area contributed by atoms with Crippen LogP contribution in [0.25, 0.3) is 10.6 Å². The molecule has 2 aromatic rings. The Bertz CT molecular complexity index is 433. The molecule has 0 aliphatic carbocycles. The topological polar surface area (TPSA) is 37.8 Å². The van der Waals surface area contributed by atoms with E-state index in [1.165, 1.54) is 5.56 Å². The molecule has 0 unspecified atom stereocenters. The Labute approximate surface area is 93.2 Å². The Kier molecular flexibility index (Phi) is 3.08. The molecule has 2 rings (SSSR count). The van der Waals surface area contributed by atoms with Crippen molar-refractivity contribution in [2.75, 3.05) is 7.05 Å². The highest BCUT2D eigenvalue weighted by molar-refractivity contribution is 7.14. The smallest absolute Gasteiger partial charge is 0.147 e. The van der Waals surface area contributed by atoms with E-state index in [-0.39, 0.29) is 0 Å². The Balaban J connectivity index is 2.25. The van der Waals surface area contributed by atoms with Crippen LogP contribution >= 0.6 is 11.3 Å². The SMILES string of the molecule is CNCc1nnc(-c2ccc(C)cc2)s1. The molecule has 0 fully saturated rings. The van der Waals surface area contributed by atoms with Crippen molar-refractivity contribution >= 4 is 11.3 Å². The van der Waals surface area contributed by atoms with Gasteiger partial charge >= 0.3 is 0 Å². The molecule has 0 bridgehead atoms. The standard InChI is InChI=1S/C11H13N3S/c1-8-3-5-9(6-4-8)11-14-13-10(15-11)7-12-2/h3-6,12H,7H2,1-2H3. The van der Waals surface area contributed by atoms with E-state index >= 15 is 0 Å². The number of hydrogen-bond donors (Lipinski definition) is 1. The van der Waals surface area contributed by atoms with Crippen molar-refractivity contribution in [3.8, 4) is 10.6 Å². The molecular formula is C11H13N3S. The maximum Gasteiger partial charge on any atom is 0.147 e. The number of benzene rings is 1. The maximum absolute atomic E-state index is 4.16. The molecule has 0 atom stereocenters. The third-order valence-corrected chi connectivity index (χ3v) is 3.07. The molecule has 15 heavy (non-hydrogen) atoms. The van der Waals surface area contributed by atoms with E-state index < -0.39 is 0 Å². The first-order valence-electron chi connectivity index (χ1n) is 4.83. The van der Waals surface area contributed by atoms with Crippen LogP contribution in [0.4, 0.5) is 0 Å². The number of rotatable bonds is 3. The Hall–Kier alpha value is -1.26. The summed E-state index contributed by atoms with van der Waals surface area (Å²) in [7, 11) is 1.91. The minimum Gasteiger partial charge on any atom is -0.313 e. The molecule has 1 aromatic carbocycles. The van der Waals surface area contributed by atoms with Crippen LogP contribution in [0, 0.1) is 6.92 Å². The second-order valence-corrected chi connectivity index (χ2v) is 4.46. The number of nitrogens with one attached hydrogen (secondary N) is 1. The molecule has 0 amide bonds. The molecule has 0 saturated heterocycles. The molecule has 1 heterocycles. The van der Waals surface area contributed by atoms with E-state index in [2.05, 4.69) is 46.7 Å². The van der Waals surface area contributed by atoms with Crippen LogP contribution in [0.3, 0.4) is 0 Å². The van der Waals surface area contributed by atoms with Crippen molar-refractivity contribution < 1.29 is 0 Å². The molecule has 0 radical (unpaired) electrons. The van der Waals surface area contributed by atoms with Gasteiger partial charge in [-0.05, 0) is 14.0 Å². The third kappa shape index (κ3) is 2.40. The highest BCUT2D eigenvalue weighted by atomic mass is 32.1. The third-order valence-electron chi connectivity index (χ3n) is 2.09. The lowest BCUT2D eigenvalue weighted by Crippen LogP contribution is -2.04. The predicted octanol–water partition coefficient (Wildman–Crippen LogP) is 2.23. The van der Waals surface area contributed by atoms with E-state index in [1.807, 2.05) is 7.05 Å². The summed E-state index contributed by atoms with van der Waals surface area (Å²) in [6.07, 6.45) is 0. The number of aromatic nitrogens is 2. The fourth-order valence-corrected chi connectivity index (χ4v) is 2.15. The first-order chi connectivity index (χ1) is 7.29. The molecule has 1 N–H and O–H groups in total. The van der Waals surface area contributed by atoms with Crippen LogP contribution in [0.2, 0.25) is 0 Å². The lowest BCUT2D eigenvalue weighted by Gasteiger charge is -1.95. The first-order valence-corrected chi connectivity index (χ1v) is 5.65. The van der Waals surface area contributed by atoms with Crippen LogP contribution in [-0.2, 0) is 6.54 Å². The highest BCUT2D eigenvalue weighted by Crippen LogP contribution is 2.23. The van der Waals surface area contributed by atoms with Gasteiger partial charge in [0.25, 0.3) is 0 Å². The Morgan fingerprint density at radius 1 is 1.20 bits per heavy atom. The van der Waals surface area contributed by atoms with E-state index in [0.29, 0.717) is 0 Å². The summed E-state index contributed by atoms with van der Waals surface area (Å²) < 4.78 is 0. The lowest BCUT2D eigenvalue weighted by molar-refractivity contribution is 0.795. The lowest BCUT2D eigenvalue weighted by atomic mass is 10.2. The maximum atomic E-state index is 4.16. The van der Waals surface area contributed by atoms with Crippen LogP contribution in [0.1, 0.15) is 10.6 Å². The van der Waals surface area contributed by atoms with Gasteiger partial charge in [0.15, 0.2) is 0 Å². The van der Waals surface area contributed by atoms with E-state index in [0.717, 1.165) is 22.1 Å². The van der Waals surface area contributed by atoms with Gasteiger partial charge in [0, 0.05) is 12.1 Å². The van der Waals surface area contributed by atoms with Gasteiger partial charge in [-0.2, -0.15) is 0 Å². The van der Waals surface area contributed by atoms with Gasteiger partial charge in [0.2, 0.25) is 0 Å². The second-order valence-electron chi connectivity index (χ2n) is 3.40. The van der Waals surface area contributed by atoms with Gasteiger partial charge < -0.3 is 5.32 Å². The average Bonchev–Trinajstić information content (AvgIpc) is 2.68. The summed E-state index contributed by atoms with van der Waals surface area (Å²) in [4.78, 5) is 0. The summed E-state index contributed by atoms with van der Waals surface area (Å²) in [5.74, 6) is 0. The van der Waals surface area contributed by atoms with Gasteiger partial charge in [-0.25, -0.2) is 0 Å². The van der Waals surface area contributed by atoms with Gasteiger partial charge in [0.1, 0.15) is 10.0 Å². The van der Waals surface area contributed by atoms with E-state index in [9.17, 15) is 0 Å². The van der Waals surface area contributed by atoms with Crippen molar-refractivity contribution in [2.45, 2.75) is 13.5 Å². The number of aryl methyl sites for hydroxylation is 1. The zero-order valence-corrected chi connectivity index (χ0v) is 9.64. The fraction of sp³-hybridized carbons (Fsp3) is 0.273. The first kappa shape index (κ1) is 10.3. The van der Waals surface area contributed by atoms with Crippen molar-refractivity contribution in [3.63, 3.8) is 0 Å². The van der Waals surface area contributed by atoms with Crippen molar-refractivity contribution in [3.05, 3.63) is 34.8 Å². The minimum atomic E-state index is 0.781. The predicted molar refractivity (Wildman–Crippen MR) is 62.8 cm³/mol. The van der Waals surface area contributed by atoms with Crippen molar-refractivity contribution in [2.24, 2.45) is 0 Å². The molecule has 3 nitrogen and oxygen atoms in total. The zero-order chi connectivity index (χ0) is 10.7. The average molecular weight is 219 g/mol. The Morgan fingerprint density at radius 3 is 2.60 bits per heavy atom. The molecule has 0 saturated carbocycles. The van der Waals surface area contributed by atoms with Crippen LogP contribution in [-0.4, -0.2) is 17.2 Å². The van der Waals surface area contributed by atoms with Gasteiger partial charge in [0.05, 0.1) is 0 Å². The van der Waals surface area contributed by atoms with Gasteiger partial charge in [-0.1, -0.05) is 41.2 Å². The molecule has 0 aliphatic heterocycles. The molecule has 0 aliphatic rings. The normalized spacial score (nSPS) is 10.5. The Morgan fingerprint density at radius 2 is 1.93 bits per heavy atom. The van der Waals surface area contributed by atoms with Crippen LogP contribution in [0.5, 0.6) is 0 Å². The molecular weight excluding hydrogens is 206 g/mol. The van der Waals surface area contributed by atoms with Crippen LogP contribution < -0.4 is 5.32 Å². The number of hydrogen-bond acceptors (Lipinski definition) is 4. The van der Waals surface area contributed by atoms with Gasteiger partial charge in [-0.3, -0.25) is 0 Å². The van der Waals surface area contributed by atoms with Crippen molar-refractivity contribution in [1.29, 1.82) is 0 Å². The summed E-state index contributed by atoms with van der Waals surface area (Å²) in [6.45, 7) is 2.86. The summed E-state index contributed by atoms with van der Waals surface area (Å²) in [6, 6.07) is 8.35. The second kappa shape index (κ2) is 4.51. The summed E-state index contributed by atoms with van der Waals surface area (Å²) in [5, 5.41) is 13.3. The monoisotopic (exact) mass is 219 g/mol. The molecule has 4 heteroatoms.